The Morgan fingerprint density at radius 3 is 3.05 bits per heavy atom. The predicted molar refractivity (Wildman–Crippen MR) is 74.9 cm³/mol. The number of carbonyl (C=O) groups is 1. The van der Waals surface area contributed by atoms with Crippen LogP contribution in [0.2, 0.25) is 0 Å². The van der Waals surface area contributed by atoms with Crippen molar-refractivity contribution in [2.45, 2.75) is 18.9 Å². The van der Waals surface area contributed by atoms with Gasteiger partial charge in [-0.05, 0) is 31.0 Å². The molecule has 1 unspecified atom stereocenters. The Morgan fingerprint density at radius 2 is 2.21 bits per heavy atom. The summed E-state index contributed by atoms with van der Waals surface area (Å²) in [7, 11) is 0. The highest BCUT2D eigenvalue weighted by atomic mass is 16.2. The molecule has 1 saturated heterocycles. The Balaban J connectivity index is 1.97. The summed E-state index contributed by atoms with van der Waals surface area (Å²) in [5.41, 5.74) is 7.53. The molecule has 19 heavy (non-hydrogen) atoms. The van der Waals surface area contributed by atoms with Crippen LogP contribution in [0.1, 0.15) is 23.2 Å². The van der Waals surface area contributed by atoms with Gasteiger partial charge in [-0.3, -0.25) is 9.78 Å². The molecule has 1 amide bonds. The zero-order valence-electron chi connectivity index (χ0n) is 10.7. The number of fused-ring (bicyclic) bond motifs is 1. The van der Waals surface area contributed by atoms with Crippen molar-refractivity contribution in [2.24, 2.45) is 5.73 Å². The first-order valence-corrected chi connectivity index (χ1v) is 6.64. The number of rotatable bonds is 1. The van der Waals surface area contributed by atoms with Crippen LogP contribution in [0.25, 0.3) is 10.9 Å². The van der Waals surface area contributed by atoms with Crippen molar-refractivity contribution in [1.29, 1.82) is 0 Å². The van der Waals surface area contributed by atoms with Crippen molar-refractivity contribution in [3.63, 3.8) is 0 Å². The molecule has 0 bridgehead atoms. The number of aromatic nitrogens is 1. The number of pyridine rings is 1. The van der Waals surface area contributed by atoms with Crippen molar-refractivity contribution in [3.8, 4) is 0 Å². The summed E-state index contributed by atoms with van der Waals surface area (Å²) in [5, 5.41) is 0.911. The molecule has 1 atom stereocenters. The van der Waals surface area contributed by atoms with Crippen LogP contribution in [0.4, 0.5) is 0 Å². The van der Waals surface area contributed by atoms with Crippen LogP contribution in [-0.4, -0.2) is 34.9 Å². The molecule has 2 aromatic rings. The fourth-order valence-corrected chi connectivity index (χ4v) is 2.65. The average Bonchev–Trinajstić information content (AvgIpc) is 2.46. The Hall–Kier alpha value is -1.94. The van der Waals surface area contributed by atoms with Crippen molar-refractivity contribution in [1.82, 2.24) is 9.88 Å². The molecular weight excluding hydrogens is 238 g/mol. The molecule has 2 N–H and O–H groups in total. The third-order valence-electron chi connectivity index (χ3n) is 3.62. The van der Waals surface area contributed by atoms with E-state index in [4.69, 9.17) is 5.73 Å². The van der Waals surface area contributed by atoms with Gasteiger partial charge in [0.2, 0.25) is 0 Å². The smallest absolute Gasteiger partial charge is 0.254 e. The summed E-state index contributed by atoms with van der Waals surface area (Å²) in [6, 6.07) is 9.58. The SMILES string of the molecule is NC1CCCN(C(=O)c2cccc3ncccc23)C1. The summed E-state index contributed by atoms with van der Waals surface area (Å²) in [4.78, 5) is 18.7. The Morgan fingerprint density at radius 1 is 1.32 bits per heavy atom. The molecule has 0 saturated carbocycles. The maximum absolute atomic E-state index is 12.6. The fraction of sp³-hybridized carbons (Fsp3) is 0.333. The third kappa shape index (κ3) is 2.31. The lowest BCUT2D eigenvalue weighted by Crippen LogP contribution is -2.45. The van der Waals surface area contributed by atoms with E-state index >= 15 is 0 Å². The van der Waals surface area contributed by atoms with Crippen molar-refractivity contribution < 1.29 is 4.79 Å². The molecule has 0 aliphatic carbocycles. The summed E-state index contributed by atoms with van der Waals surface area (Å²) in [5.74, 6) is 0.0637. The van der Waals surface area contributed by atoms with Gasteiger partial charge in [0, 0.05) is 36.3 Å². The largest absolute Gasteiger partial charge is 0.337 e. The molecule has 3 rings (SSSR count). The second kappa shape index (κ2) is 4.97. The maximum atomic E-state index is 12.6. The summed E-state index contributed by atoms with van der Waals surface area (Å²) in [6.07, 6.45) is 3.73. The highest BCUT2D eigenvalue weighted by molar-refractivity contribution is 6.06. The number of nitrogens with two attached hydrogens (primary N) is 1. The van der Waals surface area contributed by atoms with Gasteiger partial charge in [-0.15, -0.1) is 0 Å². The molecule has 4 nitrogen and oxygen atoms in total. The normalized spacial score (nSPS) is 19.6. The van der Waals surface area contributed by atoms with Gasteiger partial charge in [0.05, 0.1) is 5.52 Å². The third-order valence-corrected chi connectivity index (χ3v) is 3.62. The zero-order chi connectivity index (χ0) is 13.2. The Bertz CT molecular complexity index is 606. The molecule has 0 radical (unpaired) electrons. The van der Waals surface area contributed by atoms with Crippen LogP contribution in [0.5, 0.6) is 0 Å². The number of carbonyl (C=O) groups excluding carboxylic acids is 1. The number of nitrogens with zero attached hydrogens (tertiary/aromatic N) is 2. The lowest BCUT2D eigenvalue weighted by molar-refractivity contribution is 0.0711. The quantitative estimate of drug-likeness (QED) is 0.845. The minimum absolute atomic E-state index is 0.0637. The van der Waals surface area contributed by atoms with Crippen LogP contribution in [0.3, 0.4) is 0 Å². The van der Waals surface area contributed by atoms with Gasteiger partial charge in [0.1, 0.15) is 0 Å². The first-order valence-electron chi connectivity index (χ1n) is 6.64. The zero-order valence-corrected chi connectivity index (χ0v) is 10.7. The van der Waals surface area contributed by atoms with Gasteiger partial charge < -0.3 is 10.6 Å². The molecule has 4 heteroatoms. The molecule has 1 aliphatic heterocycles. The topological polar surface area (TPSA) is 59.2 Å². The number of piperidine rings is 1. The molecule has 1 aromatic carbocycles. The molecule has 2 heterocycles. The maximum Gasteiger partial charge on any atom is 0.254 e. The number of amides is 1. The number of likely N-dealkylation sites (tertiary alicyclic amines) is 1. The number of benzene rings is 1. The molecule has 1 fully saturated rings. The second-order valence-corrected chi connectivity index (χ2v) is 5.03. The van der Waals surface area contributed by atoms with Gasteiger partial charge >= 0.3 is 0 Å². The molecule has 1 aliphatic rings. The van der Waals surface area contributed by atoms with Gasteiger partial charge in [-0.25, -0.2) is 0 Å². The lowest BCUT2D eigenvalue weighted by atomic mass is 10.0. The minimum atomic E-state index is 0.0637. The molecule has 98 valence electrons. The first-order chi connectivity index (χ1) is 9.25. The second-order valence-electron chi connectivity index (χ2n) is 5.03. The van der Waals surface area contributed by atoms with E-state index in [9.17, 15) is 4.79 Å². The summed E-state index contributed by atoms with van der Waals surface area (Å²) >= 11 is 0. The highest BCUT2D eigenvalue weighted by Gasteiger charge is 2.23. The van der Waals surface area contributed by atoms with Crippen molar-refractivity contribution >= 4 is 16.8 Å². The van der Waals surface area contributed by atoms with Crippen LogP contribution in [0.15, 0.2) is 36.5 Å². The van der Waals surface area contributed by atoms with E-state index < -0.39 is 0 Å². The standard InChI is InChI=1S/C15H17N3O/c16-11-4-3-9-18(10-11)15(19)13-5-1-7-14-12(13)6-2-8-17-14/h1-2,5-8,11H,3-4,9-10,16H2. The van der Waals surface area contributed by atoms with Gasteiger partial charge in [0.15, 0.2) is 0 Å². The Kier molecular flexibility index (Phi) is 3.17. The Labute approximate surface area is 112 Å². The van der Waals surface area contributed by atoms with E-state index in [1.165, 1.54) is 0 Å². The number of hydrogen-bond donors (Lipinski definition) is 1. The lowest BCUT2D eigenvalue weighted by Gasteiger charge is -2.31. The van der Waals surface area contributed by atoms with E-state index in [-0.39, 0.29) is 11.9 Å². The summed E-state index contributed by atoms with van der Waals surface area (Å²) < 4.78 is 0. The van der Waals surface area contributed by atoms with E-state index in [0.29, 0.717) is 6.54 Å². The van der Waals surface area contributed by atoms with E-state index in [1.54, 1.807) is 6.20 Å². The van der Waals surface area contributed by atoms with Crippen LogP contribution < -0.4 is 5.73 Å². The molecular formula is C15H17N3O. The van der Waals surface area contributed by atoms with Crippen LogP contribution in [-0.2, 0) is 0 Å². The van der Waals surface area contributed by atoms with E-state index in [1.807, 2.05) is 35.2 Å². The highest BCUT2D eigenvalue weighted by Crippen LogP contribution is 2.20. The summed E-state index contributed by atoms with van der Waals surface area (Å²) in [6.45, 7) is 1.44. The monoisotopic (exact) mass is 255 g/mol. The van der Waals surface area contributed by atoms with Gasteiger partial charge in [0.25, 0.3) is 5.91 Å². The minimum Gasteiger partial charge on any atom is -0.337 e. The van der Waals surface area contributed by atoms with E-state index in [0.717, 1.165) is 35.9 Å². The average molecular weight is 255 g/mol. The van der Waals surface area contributed by atoms with E-state index in [2.05, 4.69) is 4.98 Å². The van der Waals surface area contributed by atoms with Crippen molar-refractivity contribution in [2.75, 3.05) is 13.1 Å². The van der Waals surface area contributed by atoms with Crippen LogP contribution >= 0.6 is 0 Å². The van der Waals surface area contributed by atoms with Gasteiger partial charge in [-0.2, -0.15) is 0 Å². The predicted octanol–water partition coefficient (Wildman–Crippen LogP) is 1.80. The van der Waals surface area contributed by atoms with Crippen LogP contribution in [0, 0.1) is 0 Å². The molecule has 0 spiro atoms. The van der Waals surface area contributed by atoms with Crippen molar-refractivity contribution in [3.05, 3.63) is 42.1 Å². The fourth-order valence-electron chi connectivity index (χ4n) is 2.65. The number of hydrogen-bond acceptors (Lipinski definition) is 3. The molecule has 1 aromatic heterocycles. The van der Waals surface area contributed by atoms with Gasteiger partial charge in [-0.1, -0.05) is 12.1 Å². The first kappa shape index (κ1) is 12.1.